The standard InChI is InChI=1S/C60H74N6O9S2/c1-9-60(6,10-2)64-57(69)23-22-39(5)77-76-38(4)16-15-21-56(68)62-44-26-40(34-74-54-31-47(37(3)24-52(54)72-7)63-58(70)51-29-43-18-11-13-19-49(43)65(51)36-67)25-41(27-44)35-75-55-32-48-46(30-53(55)73-8)59(71)66-45(33-61-48)28-42-17-12-14-20-50(42)66/h11-14,17-20,24-27,30-32,36,38-39,45,51,58,61,63,70H,9-10,15-16,21-23,28-29,33-35H2,1-8H3,(H,62,68)(H,64,69)/t38?,39?,45?,51?,58-/m1/s1. The number of aliphatic hydroxyl groups is 1. The van der Waals surface area contributed by atoms with Crippen LogP contribution in [0.4, 0.5) is 28.4 Å². The van der Waals surface area contributed by atoms with Gasteiger partial charge in [0.15, 0.2) is 23.0 Å². The molecule has 5 N–H and O–H groups in total. The van der Waals surface area contributed by atoms with Crippen molar-refractivity contribution < 1.29 is 43.2 Å². The fourth-order valence-corrected chi connectivity index (χ4v) is 12.7. The fourth-order valence-electron chi connectivity index (χ4n) is 10.1. The van der Waals surface area contributed by atoms with Crippen LogP contribution < -0.4 is 50.0 Å². The van der Waals surface area contributed by atoms with E-state index in [1.807, 2.05) is 84.6 Å². The molecule has 5 aromatic rings. The van der Waals surface area contributed by atoms with Crippen molar-refractivity contribution in [3.63, 3.8) is 0 Å². The quantitative estimate of drug-likeness (QED) is 0.0201. The van der Waals surface area contributed by atoms with Crippen LogP contribution in [0.5, 0.6) is 23.0 Å². The van der Waals surface area contributed by atoms with Crippen LogP contribution in [-0.4, -0.2) is 84.4 Å². The summed E-state index contributed by atoms with van der Waals surface area (Å²) in [6.07, 6.45) is 5.87. The topological polar surface area (TPSA) is 180 Å². The van der Waals surface area contributed by atoms with Crippen molar-refractivity contribution in [2.75, 3.05) is 46.5 Å². The predicted molar refractivity (Wildman–Crippen MR) is 310 cm³/mol. The van der Waals surface area contributed by atoms with Gasteiger partial charge in [-0.25, -0.2) is 0 Å². The number of anilines is 5. The molecule has 17 heteroatoms. The Kier molecular flexibility index (Phi) is 18.9. The number of nitrogens with one attached hydrogen (secondary N) is 4. The predicted octanol–water partition coefficient (Wildman–Crippen LogP) is 11.2. The number of aliphatic hydroxyl groups excluding tert-OH is 1. The molecule has 0 spiro atoms. The molecule has 0 aromatic heterocycles. The van der Waals surface area contributed by atoms with Crippen LogP contribution in [0.15, 0.2) is 91.0 Å². The van der Waals surface area contributed by atoms with Crippen molar-refractivity contribution in [1.29, 1.82) is 0 Å². The lowest BCUT2D eigenvalue weighted by atomic mass is 9.95. The van der Waals surface area contributed by atoms with Gasteiger partial charge in [-0.05, 0) is 129 Å². The average Bonchev–Trinajstić information content (AvgIpc) is 4.02. The van der Waals surface area contributed by atoms with Gasteiger partial charge in [0.25, 0.3) is 5.91 Å². The van der Waals surface area contributed by atoms with Crippen molar-refractivity contribution >= 4 is 74.2 Å². The zero-order valence-electron chi connectivity index (χ0n) is 45.5. The number of para-hydroxylation sites is 2. The number of benzene rings is 5. The molecule has 15 nitrogen and oxygen atoms in total. The number of hydrogen-bond acceptors (Lipinski definition) is 13. The molecular formula is C60H74N6O9S2. The molecule has 3 heterocycles. The summed E-state index contributed by atoms with van der Waals surface area (Å²) in [5.41, 5.74) is 8.27. The summed E-state index contributed by atoms with van der Waals surface area (Å²) in [6, 6.07) is 28.0. The molecule has 5 atom stereocenters. The second-order valence-corrected chi connectivity index (χ2v) is 23.8. The molecule has 0 fully saturated rings. The summed E-state index contributed by atoms with van der Waals surface area (Å²) in [6.45, 7) is 13.3. The Morgan fingerprint density at radius 1 is 0.805 bits per heavy atom. The molecule has 4 unspecified atom stereocenters. The molecule has 3 aliphatic heterocycles. The van der Waals surface area contributed by atoms with Crippen LogP contribution in [0.2, 0.25) is 0 Å². The highest BCUT2D eigenvalue weighted by molar-refractivity contribution is 8.77. The zero-order chi connectivity index (χ0) is 54.8. The van der Waals surface area contributed by atoms with Gasteiger partial charge in [-0.3, -0.25) is 19.2 Å². The first-order chi connectivity index (χ1) is 37.1. The molecular weight excluding hydrogens is 1010 g/mol. The minimum atomic E-state index is -1.09. The van der Waals surface area contributed by atoms with E-state index in [4.69, 9.17) is 18.9 Å². The Bertz CT molecular complexity index is 2920. The zero-order valence-corrected chi connectivity index (χ0v) is 47.2. The number of nitrogens with zero attached hydrogens (tertiary/aromatic N) is 2. The largest absolute Gasteiger partial charge is 0.493 e. The van der Waals surface area contributed by atoms with Gasteiger partial charge in [0.05, 0.1) is 37.6 Å². The van der Waals surface area contributed by atoms with Crippen molar-refractivity contribution in [2.24, 2.45) is 0 Å². The maximum Gasteiger partial charge on any atom is 0.260 e. The van der Waals surface area contributed by atoms with Gasteiger partial charge in [-0.15, -0.1) is 0 Å². The van der Waals surface area contributed by atoms with E-state index in [9.17, 15) is 24.3 Å². The SMILES string of the molecule is CCC(C)(CC)NC(=O)CCC(C)SSC(C)CCCC(=O)Nc1cc(COc2cc(N[C@H](O)C3Cc4ccccc4N3C=O)c(C)cc2OC)cc(COc2cc3c(cc2OC)C(=O)N2c4ccccc4CC2CN3)c1. The van der Waals surface area contributed by atoms with Crippen molar-refractivity contribution in [1.82, 2.24) is 5.32 Å². The van der Waals surface area contributed by atoms with Gasteiger partial charge in [0, 0.05) is 70.3 Å². The maximum absolute atomic E-state index is 14.1. The number of ether oxygens (including phenoxy) is 4. The minimum Gasteiger partial charge on any atom is -0.493 e. The van der Waals surface area contributed by atoms with Crippen LogP contribution in [0, 0.1) is 6.92 Å². The molecule has 3 aliphatic rings. The molecule has 0 radical (unpaired) electrons. The summed E-state index contributed by atoms with van der Waals surface area (Å²) in [5.74, 6) is 1.63. The highest BCUT2D eigenvalue weighted by Crippen LogP contribution is 2.42. The van der Waals surface area contributed by atoms with E-state index in [1.165, 1.54) is 0 Å². The number of fused-ring (bicyclic) bond motifs is 5. The normalized spacial score (nSPS) is 16.6. The first-order valence-electron chi connectivity index (χ1n) is 26.8. The molecule has 8 rings (SSSR count). The van der Waals surface area contributed by atoms with Crippen LogP contribution in [0.3, 0.4) is 0 Å². The summed E-state index contributed by atoms with van der Waals surface area (Å²) in [4.78, 5) is 56.1. The monoisotopic (exact) mass is 1090 g/mol. The molecule has 0 saturated carbocycles. The van der Waals surface area contributed by atoms with Crippen LogP contribution in [0.25, 0.3) is 0 Å². The van der Waals surface area contributed by atoms with Crippen LogP contribution >= 0.6 is 21.6 Å². The maximum atomic E-state index is 14.1. The number of rotatable bonds is 26. The van der Waals surface area contributed by atoms with Gasteiger partial charge in [-0.2, -0.15) is 0 Å². The van der Waals surface area contributed by atoms with Gasteiger partial charge in [-0.1, -0.05) is 85.7 Å². The number of aryl methyl sites for hydroxylation is 1. The van der Waals surface area contributed by atoms with Gasteiger partial charge < -0.3 is 55.1 Å². The van der Waals surface area contributed by atoms with Crippen molar-refractivity contribution in [3.05, 3.63) is 124 Å². The summed E-state index contributed by atoms with van der Waals surface area (Å²) in [5, 5.41) is 25.2. The number of carbonyl (C=O) groups is 4. The number of hydrogen-bond donors (Lipinski definition) is 5. The lowest BCUT2D eigenvalue weighted by Crippen LogP contribution is -2.45. The Morgan fingerprint density at radius 2 is 1.43 bits per heavy atom. The van der Waals surface area contributed by atoms with Gasteiger partial charge in [0.1, 0.15) is 19.4 Å². The third-order valence-electron chi connectivity index (χ3n) is 15.0. The Balaban J connectivity index is 0.949. The van der Waals surface area contributed by atoms with E-state index in [0.717, 1.165) is 77.7 Å². The van der Waals surface area contributed by atoms with Crippen LogP contribution in [-0.2, 0) is 40.4 Å². The van der Waals surface area contributed by atoms with Gasteiger partial charge in [0.2, 0.25) is 18.2 Å². The number of carbonyl (C=O) groups excluding carboxylic acids is 4. The van der Waals surface area contributed by atoms with E-state index in [0.29, 0.717) is 88.4 Å². The summed E-state index contributed by atoms with van der Waals surface area (Å²) in [7, 11) is 6.71. The van der Waals surface area contributed by atoms with Crippen LogP contribution in [0.1, 0.15) is 118 Å². The highest BCUT2D eigenvalue weighted by Gasteiger charge is 2.38. The van der Waals surface area contributed by atoms with Gasteiger partial charge >= 0.3 is 0 Å². The number of methoxy groups -OCH3 is 2. The Morgan fingerprint density at radius 3 is 2.09 bits per heavy atom. The van der Waals surface area contributed by atoms with E-state index in [-0.39, 0.29) is 42.5 Å². The van der Waals surface area contributed by atoms with E-state index in [1.54, 1.807) is 52.8 Å². The Labute approximate surface area is 461 Å². The van der Waals surface area contributed by atoms with Crippen molar-refractivity contribution in [3.8, 4) is 23.0 Å². The second kappa shape index (κ2) is 25.7. The highest BCUT2D eigenvalue weighted by atomic mass is 33.1. The average molecular weight is 1090 g/mol. The van der Waals surface area contributed by atoms with E-state index in [2.05, 4.69) is 62.0 Å². The lowest BCUT2D eigenvalue weighted by molar-refractivity contribution is -0.123. The molecule has 0 bridgehead atoms. The first kappa shape index (κ1) is 56.6. The Hall–Kier alpha value is -6.56. The third-order valence-corrected chi connectivity index (χ3v) is 18.5. The third kappa shape index (κ3) is 13.8. The molecule has 0 aliphatic carbocycles. The summed E-state index contributed by atoms with van der Waals surface area (Å²) < 4.78 is 24.6. The molecule has 5 aromatic carbocycles. The molecule has 0 saturated heterocycles. The first-order valence-corrected chi connectivity index (χ1v) is 29.0. The minimum absolute atomic E-state index is 0.0320. The fraction of sp³-hybridized carbons (Fsp3) is 0.433. The van der Waals surface area contributed by atoms with E-state index >= 15 is 0 Å². The molecule has 410 valence electrons. The number of amides is 4. The molecule has 4 amide bonds. The smallest absolute Gasteiger partial charge is 0.260 e. The lowest BCUT2D eigenvalue weighted by Gasteiger charge is -2.28. The molecule has 77 heavy (non-hydrogen) atoms. The van der Waals surface area contributed by atoms with Crippen molar-refractivity contribution in [2.45, 2.75) is 147 Å². The summed E-state index contributed by atoms with van der Waals surface area (Å²) >= 11 is 0. The van der Waals surface area contributed by atoms with E-state index < -0.39 is 12.3 Å². The second-order valence-electron chi connectivity index (χ2n) is 20.6.